The molecule has 6 heteroatoms. The van der Waals surface area contributed by atoms with Crippen LogP contribution in [0.5, 0.6) is 0 Å². The van der Waals surface area contributed by atoms with Crippen LogP contribution in [-0.2, 0) is 6.42 Å². The Hall–Kier alpha value is -0.920. The van der Waals surface area contributed by atoms with Crippen molar-refractivity contribution in [1.82, 2.24) is 0 Å². The molecule has 0 saturated carbocycles. The van der Waals surface area contributed by atoms with Crippen LogP contribution in [0.4, 0.5) is 8.78 Å². The quantitative estimate of drug-likeness (QED) is 0.380. The van der Waals surface area contributed by atoms with Gasteiger partial charge in [0.25, 0.3) is 0 Å². The predicted molar refractivity (Wildman–Crippen MR) is 70.8 cm³/mol. The molecule has 0 aliphatic rings. The van der Waals surface area contributed by atoms with Crippen LogP contribution in [0.2, 0.25) is 0 Å². The van der Waals surface area contributed by atoms with Gasteiger partial charge in [0.05, 0.1) is 0 Å². The summed E-state index contributed by atoms with van der Waals surface area (Å²) in [5.41, 5.74) is 10.9. The molecule has 0 heterocycles. The molecule has 0 aromatic heterocycles. The molecule has 1 aromatic carbocycles. The minimum absolute atomic E-state index is 0. The second-order valence-electron chi connectivity index (χ2n) is 3.19. The lowest BCUT2D eigenvalue weighted by Crippen LogP contribution is -2.23. The van der Waals surface area contributed by atoms with Gasteiger partial charge in [-0.3, -0.25) is 4.99 Å². The molecular formula is C10H14F2IN3. The Bertz CT molecular complexity index is 345. The highest BCUT2D eigenvalue weighted by atomic mass is 127. The first-order valence-corrected chi connectivity index (χ1v) is 4.58. The summed E-state index contributed by atoms with van der Waals surface area (Å²) in [6.45, 7) is 0.459. The number of benzene rings is 1. The van der Waals surface area contributed by atoms with Crippen LogP contribution in [0, 0.1) is 11.6 Å². The molecule has 0 radical (unpaired) electrons. The summed E-state index contributed by atoms with van der Waals surface area (Å²) in [5, 5.41) is 0. The first-order valence-electron chi connectivity index (χ1n) is 4.58. The lowest BCUT2D eigenvalue weighted by molar-refractivity contribution is 0.578. The van der Waals surface area contributed by atoms with Crippen molar-refractivity contribution >= 4 is 29.9 Å². The molecule has 0 aliphatic heterocycles. The van der Waals surface area contributed by atoms with Gasteiger partial charge in [-0.05, 0) is 30.5 Å². The Morgan fingerprint density at radius 1 is 1.12 bits per heavy atom. The molecule has 16 heavy (non-hydrogen) atoms. The largest absolute Gasteiger partial charge is 0.370 e. The topological polar surface area (TPSA) is 64.4 Å². The molecule has 4 N–H and O–H groups in total. The van der Waals surface area contributed by atoms with Gasteiger partial charge in [-0.2, -0.15) is 0 Å². The smallest absolute Gasteiger partial charge is 0.185 e. The highest BCUT2D eigenvalue weighted by Crippen LogP contribution is 2.09. The van der Waals surface area contributed by atoms with E-state index in [9.17, 15) is 8.78 Å². The average Bonchev–Trinajstić information content (AvgIpc) is 2.10. The van der Waals surface area contributed by atoms with Crippen molar-refractivity contribution in [1.29, 1.82) is 0 Å². The first kappa shape index (κ1) is 15.1. The molecule has 3 nitrogen and oxygen atoms in total. The number of aryl methyl sites for hydroxylation is 1. The molecule has 0 atom stereocenters. The Kier molecular flexibility index (Phi) is 6.95. The van der Waals surface area contributed by atoms with Gasteiger partial charge >= 0.3 is 0 Å². The second kappa shape index (κ2) is 7.37. The van der Waals surface area contributed by atoms with Crippen LogP contribution in [0.3, 0.4) is 0 Å². The van der Waals surface area contributed by atoms with Crippen LogP contribution >= 0.6 is 24.0 Å². The lowest BCUT2D eigenvalue weighted by atomic mass is 10.1. The molecule has 0 aliphatic carbocycles. The van der Waals surface area contributed by atoms with Gasteiger partial charge in [0.2, 0.25) is 0 Å². The molecule has 0 fully saturated rings. The van der Waals surface area contributed by atoms with E-state index in [1.165, 1.54) is 12.1 Å². The third kappa shape index (κ3) is 5.84. The Morgan fingerprint density at radius 2 is 1.69 bits per heavy atom. The minimum atomic E-state index is -0.563. The zero-order valence-electron chi connectivity index (χ0n) is 8.62. The number of aliphatic imine (C=N–C) groups is 1. The molecule has 0 bridgehead atoms. The number of hydrogen-bond donors (Lipinski definition) is 2. The van der Waals surface area contributed by atoms with Crippen LogP contribution in [0.1, 0.15) is 12.0 Å². The van der Waals surface area contributed by atoms with Crippen LogP contribution in [0.25, 0.3) is 0 Å². The molecule has 90 valence electrons. The summed E-state index contributed by atoms with van der Waals surface area (Å²) in [6, 6.07) is 3.46. The van der Waals surface area contributed by atoms with E-state index in [4.69, 9.17) is 11.5 Å². The van der Waals surface area contributed by atoms with Gasteiger partial charge < -0.3 is 11.5 Å². The maximum absolute atomic E-state index is 12.8. The first-order chi connectivity index (χ1) is 7.08. The van der Waals surface area contributed by atoms with E-state index >= 15 is 0 Å². The van der Waals surface area contributed by atoms with E-state index in [2.05, 4.69) is 4.99 Å². The maximum Gasteiger partial charge on any atom is 0.185 e. The van der Waals surface area contributed by atoms with Crippen molar-refractivity contribution < 1.29 is 8.78 Å². The third-order valence-electron chi connectivity index (χ3n) is 1.84. The SMILES string of the molecule is I.NC(N)=NCCCc1cc(F)cc(F)c1. The van der Waals surface area contributed by atoms with Crippen molar-refractivity contribution in [2.24, 2.45) is 16.5 Å². The van der Waals surface area contributed by atoms with E-state index in [0.717, 1.165) is 6.07 Å². The van der Waals surface area contributed by atoms with Gasteiger partial charge in [-0.25, -0.2) is 8.78 Å². The molecule has 1 rings (SSSR count). The highest BCUT2D eigenvalue weighted by Gasteiger charge is 1.99. The summed E-state index contributed by atoms with van der Waals surface area (Å²) >= 11 is 0. The fourth-order valence-electron chi connectivity index (χ4n) is 1.25. The number of hydrogen-bond acceptors (Lipinski definition) is 1. The summed E-state index contributed by atoms with van der Waals surface area (Å²) < 4.78 is 25.5. The summed E-state index contributed by atoms with van der Waals surface area (Å²) in [6.07, 6.45) is 1.20. The van der Waals surface area contributed by atoms with E-state index in [0.29, 0.717) is 24.9 Å². The number of rotatable bonds is 4. The van der Waals surface area contributed by atoms with E-state index in [1.807, 2.05) is 0 Å². The van der Waals surface area contributed by atoms with E-state index in [1.54, 1.807) is 0 Å². The summed E-state index contributed by atoms with van der Waals surface area (Å²) in [4.78, 5) is 3.77. The maximum atomic E-state index is 12.8. The van der Waals surface area contributed by atoms with Crippen molar-refractivity contribution in [3.8, 4) is 0 Å². The van der Waals surface area contributed by atoms with Crippen molar-refractivity contribution in [3.63, 3.8) is 0 Å². The molecule has 0 saturated heterocycles. The monoisotopic (exact) mass is 341 g/mol. The lowest BCUT2D eigenvalue weighted by Gasteiger charge is -2.00. The number of nitrogens with two attached hydrogens (primary N) is 2. The van der Waals surface area contributed by atoms with Gasteiger partial charge in [0.15, 0.2) is 5.96 Å². The van der Waals surface area contributed by atoms with Crippen LogP contribution in [0.15, 0.2) is 23.2 Å². The van der Waals surface area contributed by atoms with Crippen LogP contribution < -0.4 is 11.5 Å². The fourth-order valence-corrected chi connectivity index (χ4v) is 1.25. The second-order valence-corrected chi connectivity index (χ2v) is 3.19. The normalized spacial score (nSPS) is 9.38. The van der Waals surface area contributed by atoms with Gasteiger partial charge in [-0.1, -0.05) is 0 Å². The molecular weight excluding hydrogens is 327 g/mol. The van der Waals surface area contributed by atoms with Crippen LogP contribution in [-0.4, -0.2) is 12.5 Å². The Balaban J connectivity index is 0.00000225. The highest BCUT2D eigenvalue weighted by molar-refractivity contribution is 14.0. The third-order valence-corrected chi connectivity index (χ3v) is 1.84. The van der Waals surface area contributed by atoms with E-state index in [-0.39, 0.29) is 29.9 Å². The summed E-state index contributed by atoms with van der Waals surface area (Å²) in [7, 11) is 0. The standard InChI is InChI=1S/C10H13F2N3.HI/c11-8-4-7(5-9(12)6-8)2-1-3-15-10(13)14;/h4-6H,1-3H2,(H4,13,14,15);1H. The number of guanidine groups is 1. The van der Waals surface area contributed by atoms with Crippen molar-refractivity contribution in [2.75, 3.05) is 6.54 Å². The zero-order chi connectivity index (χ0) is 11.3. The molecule has 0 unspecified atom stereocenters. The summed E-state index contributed by atoms with van der Waals surface area (Å²) in [5.74, 6) is -1.10. The number of halogens is 3. The van der Waals surface area contributed by atoms with Gasteiger partial charge in [0, 0.05) is 12.6 Å². The van der Waals surface area contributed by atoms with E-state index < -0.39 is 11.6 Å². The number of nitrogens with zero attached hydrogens (tertiary/aromatic N) is 1. The fraction of sp³-hybridized carbons (Fsp3) is 0.300. The Morgan fingerprint density at radius 3 is 2.19 bits per heavy atom. The minimum Gasteiger partial charge on any atom is -0.370 e. The van der Waals surface area contributed by atoms with Gasteiger partial charge in [-0.15, -0.1) is 24.0 Å². The van der Waals surface area contributed by atoms with Crippen molar-refractivity contribution in [2.45, 2.75) is 12.8 Å². The average molecular weight is 341 g/mol. The predicted octanol–water partition coefficient (Wildman–Crippen LogP) is 1.79. The molecule has 1 aromatic rings. The van der Waals surface area contributed by atoms with Gasteiger partial charge in [0.1, 0.15) is 11.6 Å². The zero-order valence-corrected chi connectivity index (χ0v) is 10.9. The molecule has 0 spiro atoms. The van der Waals surface area contributed by atoms with Crippen molar-refractivity contribution in [3.05, 3.63) is 35.4 Å². The Labute approximate surface area is 110 Å². The molecule has 0 amide bonds.